The topological polar surface area (TPSA) is 41.9 Å². The predicted octanol–water partition coefficient (Wildman–Crippen LogP) is 3.86. The number of ether oxygens (including phenoxy) is 2. The summed E-state index contributed by atoms with van der Waals surface area (Å²) in [7, 11) is 0. The van der Waals surface area contributed by atoms with Gasteiger partial charge in [0.1, 0.15) is 24.3 Å². The van der Waals surface area contributed by atoms with Gasteiger partial charge in [0.05, 0.1) is 6.10 Å². The van der Waals surface area contributed by atoms with E-state index in [1.165, 1.54) is 11.6 Å². The minimum Gasteiger partial charge on any atom is -0.491 e. The summed E-state index contributed by atoms with van der Waals surface area (Å²) in [5.74, 6) is 0.550. The van der Waals surface area contributed by atoms with E-state index in [9.17, 15) is 9.50 Å². The molecule has 2 atom stereocenters. The van der Waals surface area contributed by atoms with Gasteiger partial charge in [-0.05, 0) is 56.0 Å². The molecule has 4 nitrogen and oxygen atoms in total. The van der Waals surface area contributed by atoms with E-state index in [1.807, 2.05) is 32.0 Å². The van der Waals surface area contributed by atoms with Crippen LogP contribution in [0, 0.1) is 19.7 Å². The van der Waals surface area contributed by atoms with E-state index >= 15 is 0 Å². The van der Waals surface area contributed by atoms with Crippen molar-refractivity contribution in [3.63, 3.8) is 0 Å². The zero-order chi connectivity index (χ0) is 19.9. The Morgan fingerprint density at radius 1 is 1.25 bits per heavy atom. The van der Waals surface area contributed by atoms with Gasteiger partial charge >= 0.3 is 0 Å². The predicted molar refractivity (Wildman–Crippen MR) is 108 cm³/mol. The van der Waals surface area contributed by atoms with Crippen LogP contribution in [0.4, 0.5) is 4.39 Å². The molecule has 0 spiro atoms. The van der Waals surface area contributed by atoms with Crippen LogP contribution in [0.25, 0.3) is 0 Å². The second kappa shape index (κ2) is 10.0. The molecule has 2 unspecified atom stereocenters. The number of hydrogen-bond acceptors (Lipinski definition) is 4. The number of aliphatic hydroxyl groups is 1. The fraction of sp³-hybridized carbons (Fsp3) is 0.478. The van der Waals surface area contributed by atoms with Crippen molar-refractivity contribution in [3.05, 3.63) is 65.0 Å². The van der Waals surface area contributed by atoms with Crippen molar-refractivity contribution in [2.75, 3.05) is 26.3 Å². The van der Waals surface area contributed by atoms with Gasteiger partial charge in [-0.25, -0.2) is 4.39 Å². The molecule has 152 valence electrons. The molecule has 3 rings (SSSR count). The Morgan fingerprint density at radius 2 is 2.11 bits per heavy atom. The van der Waals surface area contributed by atoms with Crippen LogP contribution in [0.1, 0.15) is 29.5 Å². The fourth-order valence-corrected chi connectivity index (χ4v) is 3.67. The van der Waals surface area contributed by atoms with Crippen molar-refractivity contribution in [2.45, 2.75) is 45.4 Å². The molecule has 1 fully saturated rings. The van der Waals surface area contributed by atoms with Crippen molar-refractivity contribution in [2.24, 2.45) is 0 Å². The van der Waals surface area contributed by atoms with Gasteiger partial charge in [-0.3, -0.25) is 4.90 Å². The molecule has 0 radical (unpaired) electrons. The van der Waals surface area contributed by atoms with E-state index in [1.54, 1.807) is 12.1 Å². The zero-order valence-electron chi connectivity index (χ0n) is 16.7. The van der Waals surface area contributed by atoms with Crippen LogP contribution in [0.3, 0.4) is 0 Å². The smallest absolute Gasteiger partial charge is 0.123 e. The van der Waals surface area contributed by atoms with Gasteiger partial charge < -0.3 is 14.6 Å². The Bertz CT molecular complexity index is 761. The molecule has 2 aromatic rings. The zero-order valence-corrected chi connectivity index (χ0v) is 16.7. The lowest BCUT2D eigenvalue weighted by atomic mass is 10.1. The van der Waals surface area contributed by atoms with Crippen LogP contribution in [0.5, 0.6) is 5.75 Å². The fourth-order valence-electron chi connectivity index (χ4n) is 3.67. The molecule has 1 aliphatic heterocycles. The molecule has 0 aliphatic carbocycles. The van der Waals surface area contributed by atoms with Crippen LogP contribution >= 0.6 is 0 Å². The van der Waals surface area contributed by atoms with Gasteiger partial charge in [0.15, 0.2) is 0 Å². The van der Waals surface area contributed by atoms with E-state index < -0.39 is 6.10 Å². The van der Waals surface area contributed by atoms with Gasteiger partial charge in [-0.2, -0.15) is 0 Å². The third-order valence-electron chi connectivity index (χ3n) is 5.01. The first kappa shape index (κ1) is 20.8. The first-order valence-electron chi connectivity index (χ1n) is 9.96. The maximum Gasteiger partial charge on any atom is 0.123 e. The Kier molecular flexibility index (Phi) is 7.43. The van der Waals surface area contributed by atoms with Crippen molar-refractivity contribution in [1.82, 2.24) is 4.90 Å². The second-order valence-corrected chi connectivity index (χ2v) is 7.69. The minimum atomic E-state index is -0.643. The highest BCUT2D eigenvalue weighted by Crippen LogP contribution is 2.20. The second-order valence-electron chi connectivity index (χ2n) is 7.69. The number of aryl methyl sites for hydroxylation is 2. The highest BCUT2D eigenvalue weighted by atomic mass is 19.1. The number of hydrogen-bond donors (Lipinski definition) is 1. The lowest BCUT2D eigenvalue weighted by Crippen LogP contribution is -2.39. The molecule has 1 aliphatic rings. The van der Waals surface area contributed by atoms with E-state index in [2.05, 4.69) is 11.0 Å². The van der Waals surface area contributed by atoms with Crippen LogP contribution in [0.15, 0.2) is 42.5 Å². The summed E-state index contributed by atoms with van der Waals surface area (Å²) in [6.45, 7) is 6.78. The summed E-state index contributed by atoms with van der Waals surface area (Å²) in [5.41, 5.74) is 3.13. The van der Waals surface area contributed by atoms with Crippen molar-refractivity contribution in [1.29, 1.82) is 0 Å². The molecule has 2 aromatic carbocycles. The summed E-state index contributed by atoms with van der Waals surface area (Å²) in [5, 5.41) is 10.6. The molecule has 28 heavy (non-hydrogen) atoms. The van der Waals surface area contributed by atoms with Gasteiger partial charge in [-0.1, -0.05) is 29.8 Å². The summed E-state index contributed by atoms with van der Waals surface area (Å²) < 4.78 is 25.1. The molecule has 1 saturated heterocycles. The van der Waals surface area contributed by atoms with Gasteiger partial charge in [0.25, 0.3) is 0 Å². The molecule has 0 amide bonds. The minimum absolute atomic E-state index is 0.168. The number of aliphatic hydroxyl groups excluding tert-OH is 1. The molecule has 0 bridgehead atoms. The molecular weight excluding hydrogens is 357 g/mol. The van der Waals surface area contributed by atoms with Crippen LogP contribution in [-0.2, 0) is 11.3 Å². The number of halogens is 1. The lowest BCUT2D eigenvalue weighted by Gasteiger charge is -2.27. The van der Waals surface area contributed by atoms with Crippen molar-refractivity contribution < 1.29 is 19.0 Å². The maximum atomic E-state index is 13.5. The third-order valence-corrected chi connectivity index (χ3v) is 5.01. The normalized spacial score (nSPS) is 17.8. The van der Waals surface area contributed by atoms with Gasteiger partial charge in [0, 0.05) is 26.2 Å². The number of rotatable bonds is 9. The molecule has 0 saturated carbocycles. The molecular formula is C23H30FNO3. The molecule has 5 heteroatoms. The van der Waals surface area contributed by atoms with Crippen LogP contribution < -0.4 is 4.74 Å². The van der Waals surface area contributed by atoms with E-state index in [0.29, 0.717) is 13.1 Å². The van der Waals surface area contributed by atoms with Crippen LogP contribution in [0.2, 0.25) is 0 Å². The molecule has 1 N–H and O–H groups in total. The first-order chi connectivity index (χ1) is 13.5. The number of benzene rings is 2. The Labute approximate surface area is 166 Å². The largest absolute Gasteiger partial charge is 0.491 e. The standard InChI is InChI=1S/C23H30FNO3/c1-17-8-9-23(18(2)11-17)28-16-21(26)14-25(15-22-7-4-10-27-22)13-19-5-3-6-20(24)12-19/h3,5-6,8-9,11-12,21-22,26H,4,7,10,13-16H2,1-2H3. The average Bonchev–Trinajstić information content (AvgIpc) is 3.14. The highest BCUT2D eigenvalue weighted by Gasteiger charge is 2.21. The monoisotopic (exact) mass is 387 g/mol. The first-order valence-corrected chi connectivity index (χ1v) is 9.96. The lowest BCUT2D eigenvalue weighted by molar-refractivity contribution is 0.0312. The highest BCUT2D eigenvalue weighted by molar-refractivity contribution is 5.35. The third kappa shape index (κ3) is 6.30. The number of nitrogens with zero attached hydrogens (tertiary/aromatic N) is 1. The maximum absolute atomic E-state index is 13.5. The van der Waals surface area contributed by atoms with E-state index in [0.717, 1.165) is 42.9 Å². The summed E-state index contributed by atoms with van der Waals surface area (Å²) >= 11 is 0. The van der Waals surface area contributed by atoms with Crippen LogP contribution in [-0.4, -0.2) is 48.5 Å². The molecule has 1 heterocycles. The summed E-state index contributed by atoms with van der Waals surface area (Å²) in [6, 6.07) is 12.6. The Morgan fingerprint density at radius 3 is 2.82 bits per heavy atom. The average molecular weight is 387 g/mol. The molecule has 0 aromatic heterocycles. The summed E-state index contributed by atoms with van der Waals surface area (Å²) in [4.78, 5) is 2.13. The van der Waals surface area contributed by atoms with Gasteiger partial charge in [-0.15, -0.1) is 0 Å². The van der Waals surface area contributed by atoms with E-state index in [-0.39, 0.29) is 18.5 Å². The SMILES string of the molecule is Cc1ccc(OCC(O)CN(Cc2cccc(F)c2)CC2CCCO2)c(C)c1. The van der Waals surface area contributed by atoms with E-state index in [4.69, 9.17) is 9.47 Å². The van der Waals surface area contributed by atoms with Crippen molar-refractivity contribution >= 4 is 0 Å². The quantitative estimate of drug-likeness (QED) is 0.709. The summed E-state index contributed by atoms with van der Waals surface area (Å²) in [6.07, 6.45) is 1.61. The Balaban J connectivity index is 1.58. The van der Waals surface area contributed by atoms with Crippen molar-refractivity contribution in [3.8, 4) is 5.75 Å². The van der Waals surface area contributed by atoms with Gasteiger partial charge in [0.2, 0.25) is 0 Å². The Hall–Kier alpha value is -1.95.